The SMILES string of the molecule is COc1ccc(C2=NNC(=O)CC2C)n2nc(C3CC3)nc12. The van der Waals surface area contributed by atoms with E-state index in [0.29, 0.717) is 23.7 Å². The first kappa shape index (κ1) is 13.2. The van der Waals surface area contributed by atoms with Gasteiger partial charge in [0.15, 0.2) is 17.2 Å². The third kappa shape index (κ3) is 2.04. The van der Waals surface area contributed by atoms with Gasteiger partial charge in [-0.3, -0.25) is 4.79 Å². The van der Waals surface area contributed by atoms with Crippen molar-refractivity contribution in [1.82, 2.24) is 20.0 Å². The number of hydrazone groups is 1. The third-order valence-electron chi connectivity index (χ3n) is 4.15. The second-order valence-corrected chi connectivity index (χ2v) is 5.90. The second-order valence-electron chi connectivity index (χ2n) is 5.90. The molecule has 1 fully saturated rings. The fourth-order valence-corrected chi connectivity index (χ4v) is 2.79. The number of amides is 1. The highest BCUT2D eigenvalue weighted by Crippen LogP contribution is 2.39. The van der Waals surface area contributed by atoms with Gasteiger partial charge in [-0.2, -0.15) is 10.2 Å². The van der Waals surface area contributed by atoms with Gasteiger partial charge in [0.2, 0.25) is 5.91 Å². The Hall–Kier alpha value is -2.44. The molecule has 2 aromatic heterocycles. The van der Waals surface area contributed by atoms with Crippen LogP contribution in [0.4, 0.5) is 0 Å². The van der Waals surface area contributed by atoms with Crippen molar-refractivity contribution in [3.8, 4) is 5.75 Å². The van der Waals surface area contributed by atoms with Crippen molar-refractivity contribution in [2.24, 2.45) is 11.0 Å². The van der Waals surface area contributed by atoms with Gasteiger partial charge in [-0.05, 0) is 25.0 Å². The van der Waals surface area contributed by atoms with Gasteiger partial charge in [0.1, 0.15) is 0 Å². The predicted molar refractivity (Wildman–Crippen MR) is 80.0 cm³/mol. The first-order valence-electron chi connectivity index (χ1n) is 7.48. The van der Waals surface area contributed by atoms with Gasteiger partial charge >= 0.3 is 0 Å². The third-order valence-corrected chi connectivity index (χ3v) is 4.15. The van der Waals surface area contributed by atoms with Crippen LogP contribution in [0.5, 0.6) is 5.75 Å². The number of fused-ring (bicyclic) bond motifs is 1. The molecular formula is C15H17N5O2. The maximum atomic E-state index is 11.4. The van der Waals surface area contributed by atoms with Crippen LogP contribution in [-0.2, 0) is 4.79 Å². The van der Waals surface area contributed by atoms with Crippen molar-refractivity contribution in [2.45, 2.75) is 32.1 Å². The van der Waals surface area contributed by atoms with Crippen LogP contribution in [0.1, 0.15) is 43.6 Å². The highest BCUT2D eigenvalue weighted by atomic mass is 16.5. The molecule has 0 bridgehead atoms. The lowest BCUT2D eigenvalue weighted by Gasteiger charge is -2.19. The molecule has 0 aromatic carbocycles. The Morgan fingerprint density at radius 1 is 1.36 bits per heavy atom. The molecule has 3 heterocycles. The maximum absolute atomic E-state index is 11.4. The number of aromatic nitrogens is 3. The number of hydrogen-bond donors (Lipinski definition) is 1. The molecule has 22 heavy (non-hydrogen) atoms. The summed E-state index contributed by atoms with van der Waals surface area (Å²) in [6, 6.07) is 3.80. The second kappa shape index (κ2) is 4.79. The number of hydrogen-bond acceptors (Lipinski definition) is 5. The molecule has 2 aromatic rings. The summed E-state index contributed by atoms with van der Waals surface area (Å²) in [7, 11) is 1.63. The van der Waals surface area contributed by atoms with Gasteiger partial charge in [-0.1, -0.05) is 6.92 Å². The van der Waals surface area contributed by atoms with E-state index in [0.717, 1.165) is 30.1 Å². The van der Waals surface area contributed by atoms with Gasteiger partial charge < -0.3 is 4.74 Å². The van der Waals surface area contributed by atoms with Crippen LogP contribution in [0.3, 0.4) is 0 Å². The van der Waals surface area contributed by atoms with E-state index in [1.165, 1.54) is 0 Å². The number of methoxy groups -OCH3 is 1. The number of nitrogens with zero attached hydrogens (tertiary/aromatic N) is 4. The van der Waals surface area contributed by atoms with E-state index in [-0.39, 0.29) is 11.8 Å². The molecule has 1 unspecified atom stereocenters. The smallest absolute Gasteiger partial charge is 0.240 e. The quantitative estimate of drug-likeness (QED) is 0.930. The topological polar surface area (TPSA) is 80.9 Å². The molecule has 1 saturated carbocycles. The van der Waals surface area contributed by atoms with Gasteiger partial charge in [0.05, 0.1) is 18.5 Å². The van der Waals surface area contributed by atoms with Gasteiger partial charge in [0, 0.05) is 18.3 Å². The summed E-state index contributed by atoms with van der Waals surface area (Å²) < 4.78 is 7.19. The molecule has 1 N–H and O–H groups in total. The minimum Gasteiger partial charge on any atom is -0.493 e. The molecule has 0 spiro atoms. The molecule has 0 radical (unpaired) electrons. The summed E-state index contributed by atoms with van der Waals surface area (Å²) in [5.41, 5.74) is 4.92. The summed E-state index contributed by atoms with van der Waals surface area (Å²) in [6.07, 6.45) is 2.71. The van der Waals surface area contributed by atoms with Gasteiger partial charge in [-0.15, -0.1) is 0 Å². The van der Waals surface area contributed by atoms with Gasteiger partial charge in [-0.25, -0.2) is 14.9 Å². The molecule has 114 valence electrons. The molecule has 4 rings (SSSR count). The maximum Gasteiger partial charge on any atom is 0.240 e. The van der Waals surface area contributed by atoms with Crippen molar-refractivity contribution in [3.05, 3.63) is 23.7 Å². The highest BCUT2D eigenvalue weighted by Gasteiger charge is 2.30. The fraction of sp³-hybridized carbons (Fsp3) is 0.467. The number of carbonyl (C=O) groups is 1. The van der Waals surface area contributed by atoms with E-state index in [2.05, 4.69) is 20.6 Å². The predicted octanol–water partition coefficient (Wildman–Crippen LogP) is 1.48. The molecule has 7 nitrogen and oxygen atoms in total. The number of carbonyl (C=O) groups excluding carboxylic acids is 1. The van der Waals surface area contributed by atoms with Crippen molar-refractivity contribution in [2.75, 3.05) is 7.11 Å². The molecule has 2 aliphatic rings. The monoisotopic (exact) mass is 299 g/mol. The summed E-state index contributed by atoms with van der Waals surface area (Å²) in [5.74, 6) is 2.00. The van der Waals surface area contributed by atoms with E-state index >= 15 is 0 Å². The molecule has 1 amide bonds. The average Bonchev–Trinajstić information content (AvgIpc) is 3.25. The zero-order valence-corrected chi connectivity index (χ0v) is 12.5. The van der Waals surface area contributed by atoms with E-state index in [1.807, 2.05) is 19.1 Å². The Morgan fingerprint density at radius 3 is 2.86 bits per heavy atom. The number of nitrogens with one attached hydrogen (secondary N) is 1. The van der Waals surface area contributed by atoms with Crippen molar-refractivity contribution >= 4 is 17.3 Å². The van der Waals surface area contributed by atoms with Crippen molar-refractivity contribution in [3.63, 3.8) is 0 Å². The normalized spacial score (nSPS) is 21.6. The zero-order chi connectivity index (χ0) is 15.3. The van der Waals surface area contributed by atoms with E-state index in [4.69, 9.17) is 4.74 Å². The van der Waals surface area contributed by atoms with Crippen LogP contribution in [0.15, 0.2) is 17.2 Å². The van der Waals surface area contributed by atoms with E-state index in [9.17, 15) is 4.79 Å². The molecule has 0 saturated heterocycles. The van der Waals surface area contributed by atoms with E-state index in [1.54, 1.807) is 11.6 Å². The Bertz CT molecular complexity index is 791. The number of pyridine rings is 1. The zero-order valence-electron chi connectivity index (χ0n) is 12.5. The van der Waals surface area contributed by atoms with Crippen LogP contribution in [0, 0.1) is 5.92 Å². The summed E-state index contributed by atoms with van der Waals surface area (Å²) >= 11 is 0. The Balaban J connectivity index is 1.88. The first-order chi connectivity index (χ1) is 10.7. The number of ether oxygens (including phenoxy) is 1. The largest absolute Gasteiger partial charge is 0.493 e. The average molecular weight is 299 g/mol. The molecule has 1 aliphatic carbocycles. The molecule has 1 aliphatic heterocycles. The minimum absolute atomic E-state index is 0.0407. The highest BCUT2D eigenvalue weighted by molar-refractivity contribution is 6.05. The first-order valence-corrected chi connectivity index (χ1v) is 7.48. The lowest BCUT2D eigenvalue weighted by atomic mass is 9.97. The van der Waals surface area contributed by atoms with Crippen LogP contribution in [0.25, 0.3) is 5.65 Å². The summed E-state index contributed by atoms with van der Waals surface area (Å²) in [4.78, 5) is 16.1. The minimum atomic E-state index is -0.0572. The standard InChI is InChI=1S/C15H17N5O2/c1-8-7-12(21)17-18-13(8)10-5-6-11(22-2)15-16-14(9-3-4-9)19-20(10)15/h5-6,8-9H,3-4,7H2,1-2H3,(H,17,21). The molecular weight excluding hydrogens is 282 g/mol. The Morgan fingerprint density at radius 2 is 2.18 bits per heavy atom. The van der Waals surface area contributed by atoms with Crippen molar-refractivity contribution < 1.29 is 9.53 Å². The van der Waals surface area contributed by atoms with Crippen molar-refractivity contribution in [1.29, 1.82) is 0 Å². The summed E-state index contributed by atoms with van der Waals surface area (Å²) in [5, 5.41) is 8.87. The Kier molecular flexibility index (Phi) is 2.88. The molecule has 7 heteroatoms. The molecule has 1 atom stereocenters. The van der Waals surface area contributed by atoms with Gasteiger partial charge in [0.25, 0.3) is 0 Å². The lowest BCUT2D eigenvalue weighted by molar-refractivity contribution is -0.121. The Labute approximate surface area is 127 Å². The van der Waals surface area contributed by atoms with Crippen LogP contribution >= 0.6 is 0 Å². The lowest BCUT2D eigenvalue weighted by Crippen LogP contribution is -2.33. The van der Waals surface area contributed by atoms with Crippen LogP contribution < -0.4 is 10.2 Å². The van der Waals surface area contributed by atoms with Crippen LogP contribution in [-0.4, -0.2) is 33.3 Å². The fourth-order valence-electron chi connectivity index (χ4n) is 2.79. The van der Waals surface area contributed by atoms with Crippen LogP contribution in [0.2, 0.25) is 0 Å². The van der Waals surface area contributed by atoms with E-state index < -0.39 is 0 Å². The number of rotatable bonds is 3. The summed E-state index contributed by atoms with van der Waals surface area (Å²) in [6.45, 7) is 1.99.